The Morgan fingerprint density at radius 3 is 2.85 bits per heavy atom. The molecule has 0 atom stereocenters. The van der Waals surface area contributed by atoms with E-state index in [2.05, 4.69) is 18.8 Å². The molecule has 0 aliphatic heterocycles. The number of rotatable bonds is 1. The van der Waals surface area contributed by atoms with Gasteiger partial charge in [-0.2, -0.15) is 0 Å². The van der Waals surface area contributed by atoms with Crippen molar-refractivity contribution in [1.29, 1.82) is 0 Å². The molecular weight excluding hydrogens is 186 g/mol. The Bertz CT molecular complexity index is 433. The molecule has 0 aromatic carbocycles. The molecule has 0 aliphatic carbocycles. The van der Waals surface area contributed by atoms with Crippen LogP contribution < -0.4 is 0 Å². The van der Waals surface area contributed by atoms with Crippen LogP contribution in [0.2, 0.25) is 5.15 Å². The third-order valence-corrected chi connectivity index (χ3v) is 2.29. The van der Waals surface area contributed by atoms with E-state index in [9.17, 15) is 0 Å². The van der Waals surface area contributed by atoms with Crippen LogP contribution in [-0.4, -0.2) is 4.98 Å². The summed E-state index contributed by atoms with van der Waals surface area (Å²) in [6.45, 7) is 4.16. The lowest BCUT2D eigenvalue weighted by Gasteiger charge is -1.95. The molecule has 3 heteroatoms. The lowest BCUT2D eigenvalue weighted by Crippen LogP contribution is -1.79. The molecule has 0 saturated heterocycles. The smallest absolute Gasteiger partial charge is 0.140 e. The highest BCUT2D eigenvalue weighted by atomic mass is 35.5. The lowest BCUT2D eigenvalue weighted by molar-refractivity contribution is 0.521. The predicted octanol–water partition coefficient (Wildman–Crippen LogP) is 3.60. The first-order valence-electron chi connectivity index (χ1n) is 4.22. The number of hydrogen-bond donors (Lipinski definition) is 0. The molecule has 13 heavy (non-hydrogen) atoms. The van der Waals surface area contributed by atoms with Crippen LogP contribution >= 0.6 is 11.6 Å². The van der Waals surface area contributed by atoms with E-state index in [0.717, 1.165) is 16.7 Å². The summed E-state index contributed by atoms with van der Waals surface area (Å²) in [6.07, 6.45) is 1.65. The number of furan rings is 1. The van der Waals surface area contributed by atoms with E-state index in [-0.39, 0.29) is 0 Å². The molecule has 0 unspecified atom stereocenters. The monoisotopic (exact) mass is 195 g/mol. The molecule has 0 fully saturated rings. The summed E-state index contributed by atoms with van der Waals surface area (Å²) in [5, 5.41) is 1.40. The van der Waals surface area contributed by atoms with E-state index in [4.69, 9.17) is 16.0 Å². The van der Waals surface area contributed by atoms with E-state index < -0.39 is 0 Å². The van der Waals surface area contributed by atoms with Crippen LogP contribution in [0.1, 0.15) is 25.5 Å². The molecule has 0 N–H and O–H groups in total. The van der Waals surface area contributed by atoms with Gasteiger partial charge in [-0.15, -0.1) is 0 Å². The molecule has 0 aliphatic rings. The van der Waals surface area contributed by atoms with E-state index in [1.165, 1.54) is 0 Å². The quantitative estimate of drug-likeness (QED) is 0.650. The van der Waals surface area contributed by atoms with Gasteiger partial charge in [0.25, 0.3) is 0 Å². The molecule has 2 rings (SSSR count). The van der Waals surface area contributed by atoms with Gasteiger partial charge in [0.05, 0.1) is 5.39 Å². The van der Waals surface area contributed by atoms with Gasteiger partial charge in [0.1, 0.15) is 16.5 Å². The molecule has 2 aromatic heterocycles. The van der Waals surface area contributed by atoms with Gasteiger partial charge in [-0.05, 0) is 12.1 Å². The number of fused-ring (bicyclic) bond motifs is 1. The van der Waals surface area contributed by atoms with Crippen LogP contribution in [0.25, 0.3) is 11.0 Å². The van der Waals surface area contributed by atoms with Crippen molar-refractivity contribution in [2.45, 2.75) is 19.8 Å². The van der Waals surface area contributed by atoms with Crippen LogP contribution in [0.15, 0.2) is 22.7 Å². The normalized spacial score (nSPS) is 11.4. The van der Waals surface area contributed by atoms with Crippen molar-refractivity contribution in [2.75, 3.05) is 0 Å². The van der Waals surface area contributed by atoms with Crippen molar-refractivity contribution < 1.29 is 4.42 Å². The first kappa shape index (κ1) is 8.57. The molecular formula is C10H10ClNO. The highest BCUT2D eigenvalue weighted by Crippen LogP contribution is 2.28. The number of pyridine rings is 1. The zero-order valence-corrected chi connectivity index (χ0v) is 8.30. The van der Waals surface area contributed by atoms with Crippen LogP contribution in [-0.2, 0) is 0 Å². The maximum absolute atomic E-state index is 5.90. The highest BCUT2D eigenvalue weighted by molar-refractivity contribution is 6.34. The van der Waals surface area contributed by atoms with Crippen LogP contribution in [0, 0.1) is 0 Å². The summed E-state index contributed by atoms with van der Waals surface area (Å²) in [5.41, 5.74) is 0.809. The zero-order chi connectivity index (χ0) is 9.42. The molecule has 0 amide bonds. The van der Waals surface area contributed by atoms with Crippen LogP contribution in [0.5, 0.6) is 0 Å². The Balaban J connectivity index is 2.68. The molecule has 2 nitrogen and oxygen atoms in total. The second-order valence-electron chi connectivity index (χ2n) is 3.32. The maximum Gasteiger partial charge on any atom is 0.140 e. The second kappa shape index (κ2) is 3.04. The number of hydrogen-bond acceptors (Lipinski definition) is 2. The first-order chi connectivity index (χ1) is 6.18. The summed E-state index contributed by atoms with van der Waals surface area (Å²) < 4.78 is 5.59. The molecule has 2 aromatic rings. The van der Waals surface area contributed by atoms with E-state index in [1.807, 2.05) is 12.1 Å². The van der Waals surface area contributed by atoms with Crippen molar-refractivity contribution >= 4 is 22.6 Å². The Kier molecular flexibility index (Phi) is 2.00. The number of aromatic nitrogens is 1. The van der Waals surface area contributed by atoms with Gasteiger partial charge in [-0.3, -0.25) is 0 Å². The molecule has 0 spiro atoms. The van der Waals surface area contributed by atoms with Gasteiger partial charge in [0, 0.05) is 12.1 Å². The van der Waals surface area contributed by atoms with E-state index in [1.54, 1.807) is 6.20 Å². The van der Waals surface area contributed by atoms with E-state index >= 15 is 0 Å². The third-order valence-electron chi connectivity index (χ3n) is 1.98. The van der Waals surface area contributed by atoms with Gasteiger partial charge in [-0.25, -0.2) is 4.98 Å². The fourth-order valence-corrected chi connectivity index (χ4v) is 1.44. The fraction of sp³-hybridized carbons (Fsp3) is 0.300. The third kappa shape index (κ3) is 1.42. The summed E-state index contributed by atoms with van der Waals surface area (Å²) in [6, 6.07) is 3.78. The maximum atomic E-state index is 5.90. The molecule has 0 saturated carbocycles. The summed E-state index contributed by atoms with van der Waals surface area (Å²) in [4.78, 5) is 3.99. The number of halogens is 1. The molecule has 0 bridgehead atoms. The van der Waals surface area contributed by atoms with Gasteiger partial charge >= 0.3 is 0 Å². The Morgan fingerprint density at radius 1 is 1.46 bits per heavy atom. The fourth-order valence-electron chi connectivity index (χ4n) is 1.23. The number of nitrogens with zero attached hydrogens (tertiary/aromatic N) is 1. The van der Waals surface area contributed by atoms with Crippen molar-refractivity contribution in [3.63, 3.8) is 0 Å². The van der Waals surface area contributed by atoms with Gasteiger partial charge in [0.2, 0.25) is 0 Å². The minimum absolute atomic E-state index is 0.378. The molecule has 68 valence electrons. The standard InChI is InChI=1S/C10H10ClNO/c1-6(2)9-5-7-8(13-9)3-4-12-10(7)11/h3-6H,1-2H3. The predicted molar refractivity (Wildman–Crippen MR) is 53.1 cm³/mol. The van der Waals surface area contributed by atoms with Gasteiger partial charge < -0.3 is 4.42 Å². The van der Waals surface area contributed by atoms with E-state index in [0.29, 0.717) is 11.1 Å². The van der Waals surface area contributed by atoms with Crippen molar-refractivity contribution in [3.8, 4) is 0 Å². The first-order valence-corrected chi connectivity index (χ1v) is 4.60. The Labute approximate surface area is 81.5 Å². The van der Waals surface area contributed by atoms with Crippen molar-refractivity contribution in [3.05, 3.63) is 29.2 Å². The van der Waals surface area contributed by atoms with Gasteiger partial charge in [0.15, 0.2) is 0 Å². The summed E-state index contributed by atoms with van der Waals surface area (Å²) in [5.74, 6) is 1.33. The average Bonchev–Trinajstić information content (AvgIpc) is 2.49. The SMILES string of the molecule is CC(C)c1cc2c(Cl)nccc2o1. The average molecular weight is 196 g/mol. The van der Waals surface area contributed by atoms with Crippen molar-refractivity contribution in [2.24, 2.45) is 0 Å². The Hall–Kier alpha value is -1.02. The van der Waals surface area contributed by atoms with Crippen LogP contribution in [0.4, 0.5) is 0 Å². The molecule has 2 heterocycles. The van der Waals surface area contributed by atoms with Gasteiger partial charge in [-0.1, -0.05) is 25.4 Å². The highest BCUT2D eigenvalue weighted by Gasteiger charge is 2.09. The van der Waals surface area contributed by atoms with Crippen molar-refractivity contribution in [1.82, 2.24) is 4.98 Å². The summed E-state index contributed by atoms with van der Waals surface area (Å²) >= 11 is 5.90. The Morgan fingerprint density at radius 2 is 2.23 bits per heavy atom. The second-order valence-corrected chi connectivity index (χ2v) is 3.68. The lowest BCUT2D eigenvalue weighted by atomic mass is 10.1. The largest absolute Gasteiger partial charge is 0.461 e. The summed E-state index contributed by atoms with van der Waals surface area (Å²) in [7, 11) is 0. The van der Waals surface area contributed by atoms with Crippen LogP contribution in [0.3, 0.4) is 0 Å². The topological polar surface area (TPSA) is 26.0 Å². The zero-order valence-electron chi connectivity index (χ0n) is 7.54. The molecule has 0 radical (unpaired) electrons. The minimum atomic E-state index is 0.378. The minimum Gasteiger partial charge on any atom is -0.461 e.